The Morgan fingerprint density at radius 2 is 1.83 bits per heavy atom. The summed E-state index contributed by atoms with van der Waals surface area (Å²) in [6.07, 6.45) is 1.79. The molecule has 0 radical (unpaired) electrons. The minimum Gasteiger partial charge on any atom is -0.497 e. The minimum atomic E-state index is -0.0995. The molecule has 1 amide bonds. The van der Waals surface area contributed by atoms with Gasteiger partial charge in [-0.15, -0.1) is 10.2 Å². The van der Waals surface area contributed by atoms with Gasteiger partial charge in [-0.3, -0.25) is 4.79 Å². The van der Waals surface area contributed by atoms with Crippen LogP contribution in [0.2, 0.25) is 5.02 Å². The summed E-state index contributed by atoms with van der Waals surface area (Å²) in [5.41, 5.74) is 2.54. The Bertz CT molecular complexity index is 991. The fourth-order valence-corrected chi connectivity index (χ4v) is 3.71. The van der Waals surface area contributed by atoms with Crippen LogP contribution >= 0.6 is 11.6 Å². The quantitative estimate of drug-likeness (QED) is 0.647. The smallest absolute Gasteiger partial charge is 0.229 e. The molecule has 0 saturated carbocycles. The number of carbonyl (C=O) groups excluding carboxylic acids is 1. The zero-order chi connectivity index (χ0) is 20.9. The van der Waals surface area contributed by atoms with Crippen LogP contribution in [0.25, 0.3) is 11.3 Å². The lowest BCUT2D eigenvalue weighted by atomic mass is 9.97. The molecule has 1 aromatic heterocycles. The first-order valence-corrected chi connectivity index (χ1v) is 10.3. The number of amides is 1. The molecular formula is C23H23ClN4O2. The standard InChI is InChI=1S/C23H23ClN4O2/c1-30-20-10-4-16(5-11-20)21-12-13-22(27-26-21)28-14-2-3-17(15-28)23(29)25-19-8-6-18(24)7-9-19/h4-13,17H,2-3,14-15H2,1H3,(H,25,29). The third-order valence-electron chi connectivity index (χ3n) is 5.26. The van der Waals surface area contributed by atoms with Gasteiger partial charge in [0.1, 0.15) is 5.75 Å². The van der Waals surface area contributed by atoms with E-state index in [0.717, 1.165) is 47.9 Å². The van der Waals surface area contributed by atoms with Crippen LogP contribution in [0.5, 0.6) is 5.75 Å². The van der Waals surface area contributed by atoms with Gasteiger partial charge in [-0.1, -0.05) is 11.6 Å². The zero-order valence-electron chi connectivity index (χ0n) is 16.7. The van der Waals surface area contributed by atoms with Crippen LogP contribution in [0, 0.1) is 5.92 Å². The number of carbonyl (C=O) groups is 1. The number of anilines is 2. The Morgan fingerprint density at radius 1 is 1.07 bits per heavy atom. The van der Waals surface area contributed by atoms with E-state index in [1.165, 1.54) is 0 Å². The van der Waals surface area contributed by atoms with E-state index in [4.69, 9.17) is 16.3 Å². The molecule has 154 valence electrons. The molecule has 0 aliphatic carbocycles. The molecule has 1 fully saturated rings. The van der Waals surface area contributed by atoms with Crippen molar-refractivity contribution in [2.45, 2.75) is 12.8 Å². The van der Waals surface area contributed by atoms with Gasteiger partial charge in [-0.2, -0.15) is 0 Å². The molecule has 1 atom stereocenters. The number of methoxy groups -OCH3 is 1. The zero-order valence-corrected chi connectivity index (χ0v) is 17.5. The average Bonchev–Trinajstić information content (AvgIpc) is 2.81. The number of hydrogen-bond donors (Lipinski definition) is 1. The first-order chi connectivity index (χ1) is 14.6. The molecule has 1 N–H and O–H groups in total. The molecule has 1 saturated heterocycles. The summed E-state index contributed by atoms with van der Waals surface area (Å²) in [5.74, 6) is 1.51. The number of ether oxygens (including phenoxy) is 1. The largest absolute Gasteiger partial charge is 0.497 e. The molecule has 30 heavy (non-hydrogen) atoms. The Hall–Kier alpha value is -3.12. The van der Waals surface area contributed by atoms with Crippen LogP contribution in [0.1, 0.15) is 12.8 Å². The SMILES string of the molecule is COc1ccc(-c2ccc(N3CCCC(C(=O)Nc4ccc(Cl)cc4)C3)nn2)cc1. The molecule has 0 bridgehead atoms. The van der Waals surface area contributed by atoms with E-state index in [-0.39, 0.29) is 11.8 Å². The normalized spacial score (nSPS) is 16.2. The van der Waals surface area contributed by atoms with Gasteiger partial charge in [0, 0.05) is 29.4 Å². The van der Waals surface area contributed by atoms with Crippen molar-refractivity contribution in [3.05, 3.63) is 65.7 Å². The summed E-state index contributed by atoms with van der Waals surface area (Å²) < 4.78 is 5.19. The van der Waals surface area contributed by atoms with Gasteiger partial charge in [-0.05, 0) is 73.5 Å². The van der Waals surface area contributed by atoms with Crippen LogP contribution in [-0.4, -0.2) is 36.3 Å². The summed E-state index contributed by atoms with van der Waals surface area (Å²) in [6, 6.07) is 18.8. The van der Waals surface area contributed by atoms with Gasteiger partial charge >= 0.3 is 0 Å². The van der Waals surface area contributed by atoms with Crippen molar-refractivity contribution in [2.24, 2.45) is 5.92 Å². The van der Waals surface area contributed by atoms with Gasteiger partial charge < -0.3 is 15.0 Å². The average molecular weight is 423 g/mol. The van der Waals surface area contributed by atoms with Crippen molar-refractivity contribution in [1.29, 1.82) is 0 Å². The van der Waals surface area contributed by atoms with E-state index in [0.29, 0.717) is 11.6 Å². The van der Waals surface area contributed by atoms with Gasteiger partial charge in [0.2, 0.25) is 5.91 Å². The predicted molar refractivity (Wildman–Crippen MR) is 119 cm³/mol. The number of halogens is 1. The molecule has 1 aliphatic heterocycles. The Labute approximate surface area is 180 Å². The third-order valence-corrected chi connectivity index (χ3v) is 5.52. The third kappa shape index (κ3) is 4.71. The van der Waals surface area contributed by atoms with Crippen LogP contribution < -0.4 is 15.0 Å². The lowest BCUT2D eigenvalue weighted by molar-refractivity contribution is -0.120. The second-order valence-electron chi connectivity index (χ2n) is 7.29. The molecule has 2 heterocycles. The van der Waals surface area contributed by atoms with Crippen LogP contribution in [0.3, 0.4) is 0 Å². The molecule has 2 aromatic carbocycles. The van der Waals surface area contributed by atoms with Gasteiger partial charge in [0.25, 0.3) is 0 Å². The van der Waals surface area contributed by atoms with E-state index in [2.05, 4.69) is 20.4 Å². The highest BCUT2D eigenvalue weighted by molar-refractivity contribution is 6.30. The predicted octanol–water partition coefficient (Wildman–Crippen LogP) is 4.66. The first kappa shape index (κ1) is 20.2. The topological polar surface area (TPSA) is 67.3 Å². The van der Waals surface area contributed by atoms with E-state index in [1.54, 1.807) is 19.2 Å². The lowest BCUT2D eigenvalue weighted by Gasteiger charge is -2.32. The monoisotopic (exact) mass is 422 g/mol. The summed E-state index contributed by atoms with van der Waals surface area (Å²) >= 11 is 5.91. The Morgan fingerprint density at radius 3 is 2.50 bits per heavy atom. The summed E-state index contributed by atoms with van der Waals surface area (Å²) in [5, 5.41) is 12.4. The number of nitrogens with one attached hydrogen (secondary N) is 1. The summed E-state index contributed by atoms with van der Waals surface area (Å²) in [7, 11) is 1.64. The Kier molecular flexibility index (Phi) is 6.14. The number of benzene rings is 2. The van der Waals surface area contributed by atoms with E-state index >= 15 is 0 Å². The first-order valence-electron chi connectivity index (χ1n) is 9.92. The molecule has 6 nitrogen and oxygen atoms in total. The second-order valence-corrected chi connectivity index (χ2v) is 7.72. The van der Waals surface area contributed by atoms with Crippen molar-refractivity contribution < 1.29 is 9.53 Å². The van der Waals surface area contributed by atoms with E-state index in [1.807, 2.05) is 48.5 Å². The fraction of sp³-hybridized carbons (Fsp3) is 0.261. The Balaban J connectivity index is 1.41. The number of piperidine rings is 1. The van der Waals surface area contributed by atoms with Crippen molar-refractivity contribution in [3.8, 4) is 17.0 Å². The van der Waals surface area contributed by atoms with Crippen molar-refractivity contribution in [2.75, 3.05) is 30.4 Å². The van der Waals surface area contributed by atoms with Crippen LogP contribution in [-0.2, 0) is 4.79 Å². The molecule has 7 heteroatoms. The number of nitrogens with zero attached hydrogens (tertiary/aromatic N) is 3. The lowest BCUT2D eigenvalue weighted by Crippen LogP contribution is -2.41. The summed E-state index contributed by atoms with van der Waals surface area (Å²) in [4.78, 5) is 14.8. The highest BCUT2D eigenvalue weighted by Gasteiger charge is 2.26. The van der Waals surface area contributed by atoms with Crippen molar-refractivity contribution >= 4 is 29.0 Å². The maximum absolute atomic E-state index is 12.7. The van der Waals surface area contributed by atoms with Gasteiger partial charge in [0.05, 0.1) is 18.7 Å². The molecule has 0 spiro atoms. The van der Waals surface area contributed by atoms with Crippen LogP contribution in [0.15, 0.2) is 60.7 Å². The molecule has 1 unspecified atom stereocenters. The number of aromatic nitrogens is 2. The highest BCUT2D eigenvalue weighted by Crippen LogP contribution is 2.25. The second kappa shape index (κ2) is 9.13. The van der Waals surface area contributed by atoms with E-state index < -0.39 is 0 Å². The number of hydrogen-bond acceptors (Lipinski definition) is 5. The molecule has 1 aliphatic rings. The van der Waals surface area contributed by atoms with Crippen molar-refractivity contribution in [1.82, 2.24) is 10.2 Å². The minimum absolute atomic E-state index is 0.0184. The van der Waals surface area contributed by atoms with Crippen molar-refractivity contribution in [3.63, 3.8) is 0 Å². The van der Waals surface area contributed by atoms with Gasteiger partial charge in [-0.25, -0.2) is 0 Å². The molecular weight excluding hydrogens is 400 g/mol. The fourth-order valence-electron chi connectivity index (χ4n) is 3.59. The van der Waals surface area contributed by atoms with E-state index in [9.17, 15) is 4.79 Å². The number of rotatable bonds is 5. The maximum atomic E-state index is 12.7. The summed E-state index contributed by atoms with van der Waals surface area (Å²) in [6.45, 7) is 1.48. The van der Waals surface area contributed by atoms with Crippen LogP contribution in [0.4, 0.5) is 11.5 Å². The van der Waals surface area contributed by atoms with Gasteiger partial charge in [0.15, 0.2) is 5.82 Å². The maximum Gasteiger partial charge on any atom is 0.229 e. The highest BCUT2D eigenvalue weighted by atomic mass is 35.5. The molecule has 3 aromatic rings. The molecule has 4 rings (SSSR count).